The molecule has 7 heteroatoms. The van der Waals surface area contributed by atoms with Crippen molar-refractivity contribution in [3.8, 4) is 0 Å². The molecule has 6 nitrogen and oxygen atoms in total. The van der Waals surface area contributed by atoms with Gasteiger partial charge >= 0.3 is 5.97 Å². The maximum absolute atomic E-state index is 12.1. The molecule has 0 spiro atoms. The first-order valence-electron chi connectivity index (χ1n) is 5.68. The zero-order chi connectivity index (χ0) is 13.2. The second kappa shape index (κ2) is 5.32. The maximum atomic E-state index is 12.1. The van der Waals surface area contributed by atoms with Crippen molar-refractivity contribution >= 4 is 16.2 Å². The third-order valence-electron chi connectivity index (χ3n) is 3.32. The lowest BCUT2D eigenvalue weighted by Crippen LogP contribution is -2.41. The molecule has 0 radical (unpaired) electrons. The molecule has 1 aliphatic rings. The number of hydrogen-bond acceptors (Lipinski definition) is 3. The van der Waals surface area contributed by atoms with E-state index in [4.69, 9.17) is 5.11 Å². The number of aliphatic carboxylic acids is 1. The first-order chi connectivity index (χ1) is 7.75. The van der Waals surface area contributed by atoms with E-state index in [-0.39, 0.29) is 13.0 Å². The molecule has 1 saturated heterocycles. The Bertz CT molecular complexity index is 372. The van der Waals surface area contributed by atoms with Gasteiger partial charge in [-0.2, -0.15) is 17.0 Å². The standard InChI is InChI=1S/C10H20N2O4S/c1-8-6-12(7-9(8)2)17(15,16)11(3)5-4-10(13)14/h8-9H,4-7H2,1-3H3,(H,13,14). The van der Waals surface area contributed by atoms with Crippen LogP contribution in [0, 0.1) is 11.8 Å². The number of carbonyl (C=O) groups is 1. The Balaban J connectivity index is 2.65. The van der Waals surface area contributed by atoms with Crippen LogP contribution in [0.15, 0.2) is 0 Å². The number of rotatable bonds is 5. The van der Waals surface area contributed by atoms with Gasteiger partial charge in [0.15, 0.2) is 0 Å². The summed E-state index contributed by atoms with van der Waals surface area (Å²) in [5.41, 5.74) is 0. The molecule has 0 aromatic rings. The van der Waals surface area contributed by atoms with Gasteiger partial charge in [-0.1, -0.05) is 13.8 Å². The molecule has 100 valence electrons. The van der Waals surface area contributed by atoms with Gasteiger partial charge < -0.3 is 5.11 Å². The van der Waals surface area contributed by atoms with Crippen molar-refractivity contribution in [2.24, 2.45) is 11.8 Å². The van der Waals surface area contributed by atoms with Crippen molar-refractivity contribution in [3.63, 3.8) is 0 Å². The molecule has 17 heavy (non-hydrogen) atoms. The number of hydrogen-bond donors (Lipinski definition) is 1. The molecule has 0 amide bonds. The lowest BCUT2D eigenvalue weighted by Gasteiger charge is -2.23. The molecule has 0 aromatic carbocycles. The van der Waals surface area contributed by atoms with Gasteiger partial charge in [0.2, 0.25) is 0 Å². The van der Waals surface area contributed by atoms with Crippen molar-refractivity contribution in [2.45, 2.75) is 20.3 Å². The summed E-state index contributed by atoms with van der Waals surface area (Å²) in [6.45, 7) is 5.09. The summed E-state index contributed by atoms with van der Waals surface area (Å²) in [5.74, 6) is -0.300. The minimum atomic E-state index is -3.50. The van der Waals surface area contributed by atoms with Gasteiger partial charge in [-0.15, -0.1) is 0 Å². The van der Waals surface area contributed by atoms with Gasteiger partial charge in [-0.05, 0) is 11.8 Å². The molecule has 0 saturated carbocycles. The van der Waals surface area contributed by atoms with E-state index in [0.29, 0.717) is 24.9 Å². The monoisotopic (exact) mass is 264 g/mol. The largest absolute Gasteiger partial charge is 0.481 e. The summed E-state index contributed by atoms with van der Waals surface area (Å²) >= 11 is 0. The Morgan fingerprint density at radius 3 is 2.24 bits per heavy atom. The van der Waals surface area contributed by atoms with E-state index in [1.165, 1.54) is 11.4 Å². The Morgan fingerprint density at radius 1 is 1.35 bits per heavy atom. The second-order valence-electron chi connectivity index (χ2n) is 4.74. The van der Waals surface area contributed by atoms with E-state index < -0.39 is 16.2 Å². The normalized spacial score (nSPS) is 26.6. The zero-order valence-electron chi connectivity index (χ0n) is 10.5. The van der Waals surface area contributed by atoms with Crippen LogP contribution in [0.1, 0.15) is 20.3 Å². The minimum Gasteiger partial charge on any atom is -0.481 e. The third kappa shape index (κ3) is 3.40. The van der Waals surface area contributed by atoms with Gasteiger partial charge in [0.25, 0.3) is 10.2 Å². The summed E-state index contributed by atoms with van der Waals surface area (Å²) in [4.78, 5) is 10.4. The summed E-state index contributed by atoms with van der Waals surface area (Å²) in [5, 5.41) is 8.54. The van der Waals surface area contributed by atoms with Crippen molar-refractivity contribution in [2.75, 3.05) is 26.7 Å². The maximum Gasteiger partial charge on any atom is 0.304 e. The van der Waals surface area contributed by atoms with E-state index in [1.807, 2.05) is 13.8 Å². The van der Waals surface area contributed by atoms with Gasteiger partial charge in [0, 0.05) is 26.7 Å². The average Bonchev–Trinajstić information content (AvgIpc) is 2.56. The van der Waals surface area contributed by atoms with Crippen LogP contribution < -0.4 is 0 Å². The third-order valence-corrected chi connectivity index (χ3v) is 5.24. The van der Waals surface area contributed by atoms with E-state index in [0.717, 1.165) is 4.31 Å². The van der Waals surface area contributed by atoms with Gasteiger partial charge in [0.05, 0.1) is 6.42 Å². The highest BCUT2D eigenvalue weighted by Gasteiger charge is 2.36. The first-order valence-corrected chi connectivity index (χ1v) is 7.08. The van der Waals surface area contributed by atoms with Crippen LogP contribution in [0.5, 0.6) is 0 Å². The molecule has 1 N–H and O–H groups in total. The molecule has 0 aromatic heterocycles. The Morgan fingerprint density at radius 2 is 1.82 bits per heavy atom. The smallest absolute Gasteiger partial charge is 0.304 e. The van der Waals surface area contributed by atoms with E-state index in [9.17, 15) is 13.2 Å². The van der Waals surface area contributed by atoms with Crippen LogP contribution in [0.25, 0.3) is 0 Å². The van der Waals surface area contributed by atoms with Crippen molar-refractivity contribution in [3.05, 3.63) is 0 Å². The lowest BCUT2D eigenvalue weighted by atomic mass is 10.0. The van der Waals surface area contributed by atoms with Gasteiger partial charge in [-0.3, -0.25) is 4.79 Å². The Hall–Kier alpha value is -0.660. The molecule has 0 aliphatic carbocycles. The molecule has 1 aliphatic heterocycles. The SMILES string of the molecule is CC1CN(S(=O)(=O)N(C)CCC(=O)O)CC1C. The van der Waals surface area contributed by atoms with Crippen molar-refractivity contribution in [1.82, 2.24) is 8.61 Å². The van der Waals surface area contributed by atoms with Crippen LogP contribution in [-0.4, -0.2) is 54.8 Å². The van der Waals surface area contributed by atoms with Gasteiger partial charge in [-0.25, -0.2) is 0 Å². The predicted octanol–water partition coefficient (Wildman–Crippen LogP) is 0.226. The van der Waals surface area contributed by atoms with E-state index >= 15 is 0 Å². The summed E-state index contributed by atoms with van der Waals surface area (Å²) in [6.07, 6.45) is -0.172. The molecular weight excluding hydrogens is 244 g/mol. The molecule has 2 unspecified atom stereocenters. The van der Waals surface area contributed by atoms with Crippen LogP contribution in [0.4, 0.5) is 0 Å². The lowest BCUT2D eigenvalue weighted by molar-refractivity contribution is -0.137. The van der Waals surface area contributed by atoms with E-state index in [2.05, 4.69) is 0 Å². The zero-order valence-corrected chi connectivity index (χ0v) is 11.3. The van der Waals surface area contributed by atoms with Crippen LogP contribution >= 0.6 is 0 Å². The molecule has 2 atom stereocenters. The fraction of sp³-hybridized carbons (Fsp3) is 0.900. The Labute approximate surface area is 102 Å². The van der Waals surface area contributed by atoms with Crippen molar-refractivity contribution in [1.29, 1.82) is 0 Å². The predicted molar refractivity (Wildman–Crippen MR) is 63.7 cm³/mol. The highest BCUT2D eigenvalue weighted by Crippen LogP contribution is 2.25. The summed E-state index contributed by atoms with van der Waals surface area (Å²) < 4.78 is 26.7. The average molecular weight is 264 g/mol. The number of carboxylic acids is 1. The highest BCUT2D eigenvalue weighted by molar-refractivity contribution is 7.86. The van der Waals surface area contributed by atoms with E-state index in [1.54, 1.807) is 0 Å². The molecule has 1 rings (SSSR count). The fourth-order valence-corrected chi connectivity index (χ4v) is 3.39. The minimum absolute atomic E-state index is 0.0108. The second-order valence-corrected chi connectivity index (χ2v) is 6.78. The first kappa shape index (κ1) is 14.4. The van der Waals surface area contributed by atoms with Gasteiger partial charge in [0.1, 0.15) is 0 Å². The Kier molecular flexibility index (Phi) is 4.51. The molecule has 1 heterocycles. The summed E-state index contributed by atoms with van der Waals surface area (Å²) in [6, 6.07) is 0. The van der Waals surface area contributed by atoms with Crippen molar-refractivity contribution < 1.29 is 18.3 Å². The van der Waals surface area contributed by atoms with Crippen LogP contribution in [0.2, 0.25) is 0 Å². The van der Waals surface area contributed by atoms with Crippen LogP contribution in [-0.2, 0) is 15.0 Å². The molecule has 1 fully saturated rings. The molecule has 0 bridgehead atoms. The summed E-state index contributed by atoms with van der Waals surface area (Å²) in [7, 11) is -2.07. The topological polar surface area (TPSA) is 77.9 Å². The highest BCUT2D eigenvalue weighted by atomic mass is 32.2. The number of nitrogens with zero attached hydrogens (tertiary/aromatic N) is 2. The fourth-order valence-electron chi connectivity index (χ4n) is 1.83. The molecular formula is C10H20N2O4S. The number of carboxylic acid groups (broad SMARTS) is 1. The quantitative estimate of drug-likeness (QED) is 0.771. The van der Waals surface area contributed by atoms with Crippen LogP contribution in [0.3, 0.4) is 0 Å².